The second-order valence-electron chi connectivity index (χ2n) is 7.28. The van der Waals surface area contributed by atoms with E-state index in [1.54, 1.807) is 6.07 Å². The lowest BCUT2D eigenvalue weighted by Gasteiger charge is -2.36. The first-order chi connectivity index (χ1) is 14.4. The zero-order valence-electron chi connectivity index (χ0n) is 16.6. The summed E-state index contributed by atoms with van der Waals surface area (Å²) in [6.07, 6.45) is 2.07. The van der Waals surface area contributed by atoms with Gasteiger partial charge in [-0.1, -0.05) is 47.5 Å². The van der Waals surface area contributed by atoms with E-state index in [9.17, 15) is 9.90 Å². The van der Waals surface area contributed by atoms with Gasteiger partial charge in [-0.3, -0.25) is 9.69 Å². The number of aromatic hydroxyl groups is 1. The van der Waals surface area contributed by atoms with Crippen molar-refractivity contribution in [2.45, 2.75) is 32.2 Å². The van der Waals surface area contributed by atoms with Gasteiger partial charge in [0.1, 0.15) is 0 Å². The second kappa shape index (κ2) is 8.70. The van der Waals surface area contributed by atoms with Crippen molar-refractivity contribution >= 4 is 45.5 Å². The van der Waals surface area contributed by atoms with Crippen LogP contribution in [0.1, 0.15) is 42.1 Å². The molecule has 0 saturated carbocycles. The molecule has 0 spiro atoms. The first-order valence-electron chi connectivity index (χ1n) is 9.77. The first-order valence-corrected chi connectivity index (χ1v) is 11.3. The van der Waals surface area contributed by atoms with Crippen molar-refractivity contribution in [1.29, 1.82) is 0 Å². The highest BCUT2D eigenvalue weighted by atomic mass is 35.5. The van der Waals surface area contributed by atoms with Crippen LogP contribution in [0.25, 0.3) is 4.96 Å². The first kappa shape index (κ1) is 21.4. The highest BCUT2D eigenvalue weighted by Crippen LogP contribution is 2.42. The smallest absolute Gasteiger partial charge is 0.308 e. The van der Waals surface area contributed by atoms with Crippen molar-refractivity contribution in [2.75, 3.05) is 20.2 Å². The van der Waals surface area contributed by atoms with Crippen molar-refractivity contribution in [3.8, 4) is 5.88 Å². The monoisotopic (exact) mass is 468 g/mol. The fourth-order valence-corrected chi connectivity index (χ4v) is 5.33. The summed E-state index contributed by atoms with van der Waals surface area (Å²) in [5, 5.41) is 16.3. The zero-order chi connectivity index (χ0) is 21.4. The number of piperidine rings is 1. The predicted molar refractivity (Wildman–Crippen MR) is 117 cm³/mol. The summed E-state index contributed by atoms with van der Waals surface area (Å²) in [6.45, 7) is 3.33. The predicted octanol–water partition coefficient (Wildman–Crippen LogP) is 4.34. The summed E-state index contributed by atoms with van der Waals surface area (Å²) in [7, 11) is 1.42. The average molecular weight is 469 g/mol. The molecule has 3 heterocycles. The maximum absolute atomic E-state index is 11.9. The number of halogens is 2. The Bertz CT molecular complexity index is 1080. The van der Waals surface area contributed by atoms with Crippen LogP contribution >= 0.6 is 34.5 Å². The van der Waals surface area contributed by atoms with Gasteiger partial charge >= 0.3 is 5.97 Å². The van der Waals surface area contributed by atoms with E-state index in [1.807, 2.05) is 19.1 Å². The zero-order valence-corrected chi connectivity index (χ0v) is 19.0. The van der Waals surface area contributed by atoms with Crippen LogP contribution in [-0.4, -0.2) is 50.8 Å². The quantitative estimate of drug-likeness (QED) is 0.560. The number of nitrogens with zero attached hydrogens (tertiary/aromatic N) is 4. The van der Waals surface area contributed by atoms with Gasteiger partial charge in [-0.25, -0.2) is 4.98 Å². The van der Waals surface area contributed by atoms with Gasteiger partial charge in [0.25, 0.3) is 0 Å². The molecule has 0 bridgehead atoms. The number of thiazole rings is 1. The van der Waals surface area contributed by atoms with E-state index in [1.165, 1.54) is 23.0 Å². The Morgan fingerprint density at radius 3 is 2.67 bits per heavy atom. The van der Waals surface area contributed by atoms with Crippen molar-refractivity contribution in [3.05, 3.63) is 44.5 Å². The fraction of sp³-hybridized carbons (Fsp3) is 0.450. The number of aryl methyl sites for hydroxylation is 1. The Labute approximate surface area is 188 Å². The molecule has 2 aromatic heterocycles. The number of hydrogen-bond donors (Lipinski definition) is 1. The van der Waals surface area contributed by atoms with E-state index < -0.39 is 0 Å². The van der Waals surface area contributed by atoms with Crippen LogP contribution in [-0.2, 0) is 16.0 Å². The van der Waals surface area contributed by atoms with Crippen LogP contribution in [0.2, 0.25) is 10.0 Å². The largest absolute Gasteiger partial charge is 0.492 e. The molecule has 1 aliphatic heterocycles. The van der Waals surface area contributed by atoms with Crippen LogP contribution in [0, 0.1) is 5.92 Å². The Balaban J connectivity index is 1.73. The summed E-state index contributed by atoms with van der Waals surface area (Å²) >= 11 is 13.8. The SMILES string of the molecule is CCc1nc2sc(C(c3ccc(Cl)c(Cl)c3)N3CCC(C(=O)OC)CC3)c(O)n2n1. The van der Waals surface area contributed by atoms with E-state index in [0.717, 1.165) is 10.4 Å². The minimum atomic E-state index is -0.253. The van der Waals surface area contributed by atoms with Crippen LogP contribution in [0.15, 0.2) is 18.2 Å². The van der Waals surface area contributed by atoms with Crippen molar-refractivity contribution in [3.63, 3.8) is 0 Å². The van der Waals surface area contributed by atoms with Crippen LogP contribution < -0.4 is 0 Å². The topological polar surface area (TPSA) is 80.0 Å². The maximum atomic E-state index is 11.9. The van der Waals surface area contributed by atoms with E-state index in [2.05, 4.69) is 15.0 Å². The lowest BCUT2D eigenvalue weighted by Crippen LogP contribution is -2.39. The second-order valence-corrected chi connectivity index (χ2v) is 9.10. The third-order valence-corrected chi connectivity index (χ3v) is 7.31. The lowest BCUT2D eigenvalue weighted by molar-refractivity contribution is -0.147. The minimum Gasteiger partial charge on any atom is -0.492 e. The third kappa shape index (κ3) is 3.89. The van der Waals surface area contributed by atoms with Gasteiger partial charge in [0.05, 0.1) is 34.0 Å². The molecular formula is C20H22Cl2N4O3S. The van der Waals surface area contributed by atoms with Gasteiger partial charge in [-0.05, 0) is 43.6 Å². The molecule has 7 nitrogen and oxygen atoms in total. The molecule has 1 aromatic carbocycles. The molecule has 1 N–H and O–H groups in total. The standard InChI is InChI=1S/C20H22Cl2N4O3S/c1-3-15-23-20-26(24-15)18(27)17(30-20)16(12-4-5-13(21)14(22)10-12)25-8-6-11(7-9-25)19(28)29-2/h4-5,10-11,16,27H,3,6-9H2,1-2H3. The number of carbonyl (C=O) groups excluding carboxylic acids is 1. The highest BCUT2D eigenvalue weighted by molar-refractivity contribution is 7.17. The molecule has 0 aliphatic carbocycles. The van der Waals surface area contributed by atoms with E-state index >= 15 is 0 Å². The van der Waals surface area contributed by atoms with Gasteiger partial charge in [0, 0.05) is 6.42 Å². The lowest BCUT2D eigenvalue weighted by atomic mass is 9.94. The molecule has 1 fully saturated rings. The summed E-state index contributed by atoms with van der Waals surface area (Å²) in [6, 6.07) is 5.25. The molecule has 1 aliphatic rings. The number of benzene rings is 1. The Hall–Kier alpha value is -1.87. The number of aromatic nitrogens is 3. The normalized spacial score (nSPS) is 16.8. The number of hydrogen-bond acceptors (Lipinski definition) is 7. The molecule has 160 valence electrons. The van der Waals surface area contributed by atoms with Crippen molar-refractivity contribution < 1.29 is 14.6 Å². The maximum Gasteiger partial charge on any atom is 0.308 e. The summed E-state index contributed by atoms with van der Waals surface area (Å²) < 4.78 is 6.40. The van der Waals surface area contributed by atoms with E-state index in [4.69, 9.17) is 27.9 Å². The molecule has 30 heavy (non-hydrogen) atoms. The van der Waals surface area contributed by atoms with E-state index in [0.29, 0.717) is 53.2 Å². The molecule has 3 aromatic rings. The van der Waals surface area contributed by atoms with Gasteiger partial charge in [0.15, 0.2) is 5.82 Å². The molecule has 0 radical (unpaired) electrons. The number of carbonyl (C=O) groups is 1. The Morgan fingerprint density at radius 1 is 1.33 bits per heavy atom. The molecule has 4 rings (SSSR count). The Morgan fingerprint density at radius 2 is 2.07 bits per heavy atom. The van der Waals surface area contributed by atoms with Gasteiger partial charge < -0.3 is 9.84 Å². The fourth-order valence-electron chi connectivity index (χ4n) is 3.89. The minimum absolute atomic E-state index is 0.0772. The van der Waals surface area contributed by atoms with Gasteiger partial charge in [0.2, 0.25) is 10.8 Å². The Kier molecular flexibility index (Phi) is 6.20. The molecule has 1 saturated heterocycles. The summed E-state index contributed by atoms with van der Waals surface area (Å²) in [5.74, 6) is 0.486. The van der Waals surface area contributed by atoms with Gasteiger partial charge in [-0.2, -0.15) is 4.52 Å². The number of likely N-dealkylation sites (tertiary alicyclic amines) is 1. The van der Waals surface area contributed by atoms with Crippen LogP contribution in [0.5, 0.6) is 5.88 Å². The number of rotatable bonds is 5. The number of fused-ring (bicyclic) bond motifs is 1. The van der Waals surface area contributed by atoms with Crippen molar-refractivity contribution in [1.82, 2.24) is 19.5 Å². The summed E-state index contributed by atoms with van der Waals surface area (Å²) in [4.78, 5) is 20.1. The van der Waals surface area contributed by atoms with Crippen LogP contribution in [0.4, 0.5) is 0 Å². The number of esters is 1. The molecule has 0 amide bonds. The molecular weight excluding hydrogens is 447 g/mol. The molecule has 1 unspecified atom stereocenters. The molecule has 10 heteroatoms. The molecule has 1 atom stereocenters. The average Bonchev–Trinajstić information content (AvgIpc) is 3.30. The number of methoxy groups -OCH3 is 1. The van der Waals surface area contributed by atoms with Crippen LogP contribution in [0.3, 0.4) is 0 Å². The van der Waals surface area contributed by atoms with Gasteiger partial charge in [-0.15, -0.1) is 5.10 Å². The van der Waals surface area contributed by atoms with Crippen molar-refractivity contribution in [2.24, 2.45) is 5.92 Å². The number of ether oxygens (including phenoxy) is 1. The highest BCUT2D eigenvalue weighted by Gasteiger charge is 2.34. The summed E-state index contributed by atoms with van der Waals surface area (Å²) in [5.41, 5.74) is 0.913. The van der Waals surface area contributed by atoms with E-state index in [-0.39, 0.29) is 23.8 Å². The third-order valence-electron chi connectivity index (χ3n) is 5.50.